The summed E-state index contributed by atoms with van der Waals surface area (Å²) in [5.74, 6) is 1.18. The molecule has 0 aliphatic carbocycles. The molecule has 1 amide bonds. The minimum absolute atomic E-state index is 0.0642. The Bertz CT molecular complexity index is 1310. The van der Waals surface area contributed by atoms with E-state index in [9.17, 15) is 4.79 Å². The fourth-order valence-corrected chi connectivity index (χ4v) is 3.71. The van der Waals surface area contributed by atoms with Gasteiger partial charge in [-0.15, -0.1) is 0 Å². The van der Waals surface area contributed by atoms with Crippen molar-refractivity contribution in [2.24, 2.45) is 0 Å². The number of ether oxygens (including phenoxy) is 1. The minimum atomic E-state index is -0.207. The molecule has 0 saturated carbocycles. The Morgan fingerprint density at radius 3 is 1.94 bits per heavy atom. The SMILES string of the molecule is O=C(COc1ccc(-c2nc(-c3ccccc3)c(-c3ccccc3)[nH]2)cc1)Nc1ccccc1. The molecule has 2 N–H and O–H groups in total. The summed E-state index contributed by atoms with van der Waals surface area (Å²) < 4.78 is 5.66. The van der Waals surface area contributed by atoms with E-state index in [0.717, 1.165) is 39.6 Å². The highest BCUT2D eigenvalue weighted by Crippen LogP contribution is 2.33. The Labute approximate surface area is 198 Å². The van der Waals surface area contributed by atoms with E-state index in [4.69, 9.17) is 9.72 Å². The minimum Gasteiger partial charge on any atom is -0.484 e. The van der Waals surface area contributed by atoms with Gasteiger partial charge >= 0.3 is 0 Å². The Balaban J connectivity index is 1.34. The van der Waals surface area contributed by atoms with Crippen molar-refractivity contribution < 1.29 is 9.53 Å². The largest absolute Gasteiger partial charge is 0.484 e. The van der Waals surface area contributed by atoms with E-state index in [1.165, 1.54) is 0 Å². The van der Waals surface area contributed by atoms with E-state index in [0.29, 0.717) is 5.75 Å². The van der Waals surface area contributed by atoms with Gasteiger partial charge in [0.25, 0.3) is 5.91 Å². The summed E-state index contributed by atoms with van der Waals surface area (Å²) in [5.41, 5.74) is 5.67. The standard InChI is InChI=1S/C29H23N3O2/c33-26(30-24-14-8-3-9-15-24)20-34-25-18-16-23(17-19-25)29-31-27(21-10-4-1-5-11-21)28(32-29)22-12-6-2-7-13-22/h1-19H,20H2,(H,30,33)(H,31,32). The number of carbonyl (C=O) groups is 1. The van der Waals surface area contributed by atoms with Gasteiger partial charge in [0, 0.05) is 22.4 Å². The molecular formula is C29H23N3O2. The number of amides is 1. The van der Waals surface area contributed by atoms with Crippen LogP contribution in [-0.4, -0.2) is 22.5 Å². The molecule has 5 heteroatoms. The van der Waals surface area contributed by atoms with Crippen molar-refractivity contribution in [3.8, 4) is 39.7 Å². The summed E-state index contributed by atoms with van der Waals surface area (Å²) in [4.78, 5) is 20.5. The maximum absolute atomic E-state index is 12.1. The van der Waals surface area contributed by atoms with Crippen molar-refractivity contribution in [3.05, 3.63) is 115 Å². The Kier molecular flexibility index (Phi) is 6.16. The number of aromatic amines is 1. The van der Waals surface area contributed by atoms with Gasteiger partial charge in [-0.25, -0.2) is 4.98 Å². The van der Waals surface area contributed by atoms with E-state index in [-0.39, 0.29) is 12.5 Å². The summed E-state index contributed by atoms with van der Waals surface area (Å²) in [5, 5.41) is 2.81. The molecule has 0 atom stereocenters. The number of rotatable bonds is 7. The molecule has 1 aromatic heterocycles. The molecule has 4 aromatic carbocycles. The number of H-pyrrole nitrogens is 1. The summed E-state index contributed by atoms with van der Waals surface area (Å²) >= 11 is 0. The number of carbonyl (C=O) groups excluding carboxylic acids is 1. The van der Waals surface area contributed by atoms with Crippen molar-refractivity contribution in [1.29, 1.82) is 0 Å². The van der Waals surface area contributed by atoms with Crippen LogP contribution in [0.1, 0.15) is 0 Å². The molecule has 5 nitrogen and oxygen atoms in total. The highest BCUT2D eigenvalue weighted by Gasteiger charge is 2.15. The summed E-state index contributed by atoms with van der Waals surface area (Å²) in [6.45, 7) is -0.0642. The monoisotopic (exact) mass is 445 g/mol. The molecule has 5 rings (SSSR count). The molecule has 34 heavy (non-hydrogen) atoms. The second-order valence-corrected chi connectivity index (χ2v) is 7.77. The molecule has 0 unspecified atom stereocenters. The van der Waals surface area contributed by atoms with Crippen molar-refractivity contribution in [3.63, 3.8) is 0 Å². The lowest BCUT2D eigenvalue weighted by atomic mass is 10.1. The third-order valence-corrected chi connectivity index (χ3v) is 5.37. The first-order chi connectivity index (χ1) is 16.8. The van der Waals surface area contributed by atoms with Crippen molar-refractivity contribution in [1.82, 2.24) is 9.97 Å². The lowest BCUT2D eigenvalue weighted by molar-refractivity contribution is -0.118. The molecule has 0 spiro atoms. The molecule has 1 heterocycles. The van der Waals surface area contributed by atoms with Gasteiger partial charge in [0.1, 0.15) is 11.6 Å². The quantitative estimate of drug-likeness (QED) is 0.303. The molecule has 0 saturated heterocycles. The fourth-order valence-electron chi connectivity index (χ4n) is 3.71. The second-order valence-electron chi connectivity index (χ2n) is 7.77. The normalized spacial score (nSPS) is 10.6. The second kappa shape index (κ2) is 9.88. The van der Waals surface area contributed by atoms with Gasteiger partial charge in [-0.2, -0.15) is 0 Å². The third kappa shape index (κ3) is 4.89. The maximum atomic E-state index is 12.1. The smallest absolute Gasteiger partial charge is 0.262 e. The number of hydrogen-bond donors (Lipinski definition) is 2. The predicted octanol–water partition coefficient (Wildman–Crippen LogP) is 6.43. The van der Waals surface area contributed by atoms with Crippen molar-refractivity contribution in [2.75, 3.05) is 11.9 Å². The molecule has 0 fully saturated rings. The van der Waals surface area contributed by atoms with Gasteiger partial charge in [-0.3, -0.25) is 4.79 Å². The van der Waals surface area contributed by atoms with Gasteiger partial charge in [0.05, 0.1) is 11.4 Å². The number of nitrogens with one attached hydrogen (secondary N) is 2. The van der Waals surface area contributed by atoms with Crippen molar-refractivity contribution in [2.45, 2.75) is 0 Å². The zero-order valence-corrected chi connectivity index (χ0v) is 18.4. The molecule has 0 bridgehead atoms. The lowest BCUT2D eigenvalue weighted by Gasteiger charge is -2.08. The maximum Gasteiger partial charge on any atom is 0.262 e. The highest BCUT2D eigenvalue weighted by atomic mass is 16.5. The van der Waals surface area contributed by atoms with E-state index >= 15 is 0 Å². The molecular weight excluding hydrogens is 422 g/mol. The van der Waals surface area contributed by atoms with Crippen LogP contribution < -0.4 is 10.1 Å². The number of imidazole rings is 1. The van der Waals surface area contributed by atoms with Crippen LogP contribution in [0.3, 0.4) is 0 Å². The van der Waals surface area contributed by atoms with Gasteiger partial charge < -0.3 is 15.0 Å². The lowest BCUT2D eigenvalue weighted by Crippen LogP contribution is -2.20. The van der Waals surface area contributed by atoms with Gasteiger partial charge in [0.2, 0.25) is 0 Å². The Morgan fingerprint density at radius 1 is 0.706 bits per heavy atom. The van der Waals surface area contributed by atoms with E-state index in [2.05, 4.69) is 34.6 Å². The number of hydrogen-bond acceptors (Lipinski definition) is 3. The van der Waals surface area contributed by atoms with E-state index in [1.54, 1.807) is 0 Å². The van der Waals surface area contributed by atoms with Gasteiger partial charge in [-0.1, -0.05) is 78.9 Å². The summed E-state index contributed by atoms with van der Waals surface area (Å²) in [6.07, 6.45) is 0. The molecule has 5 aromatic rings. The summed E-state index contributed by atoms with van der Waals surface area (Å²) in [6, 6.07) is 37.2. The first kappa shape index (κ1) is 21.2. The Hall–Kier alpha value is -4.64. The third-order valence-electron chi connectivity index (χ3n) is 5.37. The van der Waals surface area contributed by atoms with Crippen LogP contribution in [0.4, 0.5) is 5.69 Å². The van der Waals surface area contributed by atoms with Crippen molar-refractivity contribution >= 4 is 11.6 Å². The number of anilines is 1. The number of nitrogens with zero attached hydrogens (tertiary/aromatic N) is 1. The fraction of sp³-hybridized carbons (Fsp3) is 0.0345. The van der Waals surface area contributed by atoms with Crippen LogP contribution in [0, 0.1) is 0 Å². The van der Waals surface area contributed by atoms with Crippen LogP contribution in [0.2, 0.25) is 0 Å². The molecule has 0 aliphatic heterocycles. The van der Waals surface area contributed by atoms with Gasteiger partial charge in [0.15, 0.2) is 6.61 Å². The average molecular weight is 446 g/mol. The molecule has 166 valence electrons. The van der Waals surface area contributed by atoms with Crippen LogP contribution in [0.5, 0.6) is 5.75 Å². The van der Waals surface area contributed by atoms with E-state index < -0.39 is 0 Å². The van der Waals surface area contributed by atoms with Crippen LogP contribution in [0.25, 0.3) is 33.9 Å². The first-order valence-electron chi connectivity index (χ1n) is 11.1. The molecule has 0 radical (unpaired) electrons. The number of benzene rings is 4. The predicted molar refractivity (Wildman–Crippen MR) is 135 cm³/mol. The number of para-hydroxylation sites is 1. The average Bonchev–Trinajstić information content (AvgIpc) is 3.35. The molecule has 0 aliphatic rings. The van der Waals surface area contributed by atoms with Crippen LogP contribution >= 0.6 is 0 Å². The zero-order valence-electron chi connectivity index (χ0n) is 18.4. The topological polar surface area (TPSA) is 67.0 Å². The zero-order chi connectivity index (χ0) is 23.2. The number of aromatic nitrogens is 2. The van der Waals surface area contributed by atoms with Crippen LogP contribution in [0.15, 0.2) is 115 Å². The highest BCUT2D eigenvalue weighted by molar-refractivity contribution is 5.91. The van der Waals surface area contributed by atoms with Gasteiger partial charge in [-0.05, 0) is 36.4 Å². The summed E-state index contributed by atoms with van der Waals surface area (Å²) in [7, 11) is 0. The Morgan fingerprint density at radius 2 is 1.29 bits per heavy atom. The first-order valence-corrected chi connectivity index (χ1v) is 11.1. The van der Waals surface area contributed by atoms with Crippen LogP contribution in [-0.2, 0) is 4.79 Å². The van der Waals surface area contributed by atoms with E-state index in [1.807, 2.05) is 91.0 Å².